The van der Waals surface area contributed by atoms with Crippen LogP contribution >= 0.6 is 11.8 Å². The predicted molar refractivity (Wildman–Crippen MR) is 142 cm³/mol. The molecule has 6 rings (SSSR count). The number of benzene rings is 1. The summed E-state index contributed by atoms with van der Waals surface area (Å²) in [6.45, 7) is 2.32. The summed E-state index contributed by atoms with van der Waals surface area (Å²) >= 11 is 1.99. The van der Waals surface area contributed by atoms with Crippen LogP contribution < -0.4 is 10.2 Å². The van der Waals surface area contributed by atoms with Crippen LogP contribution in [0.4, 0.5) is 16.0 Å². The molecule has 10 heteroatoms. The van der Waals surface area contributed by atoms with Crippen molar-refractivity contribution in [3.63, 3.8) is 0 Å². The van der Waals surface area contributed by atoms with Gasteiger partial charge in [-0.1, -0.05) is 18.2 Å². The number of fused-ring (bicyclic) bond motifs is 1. The Morgan fingerprint density at radius 1 is 1.00 bits per heavy atom. The molecule has 0 saturated carbocycles. The van der Waals surface area contributed by atoms with E-state index in [0.717, 1.165) is 17.3 Å². The predicted octanol–water partition coefficient (Wildman–Crippen LogP) is 4.22. The van der Waals surface area contributed by atoms with Gasteiger partial charge in [-0.05, 0) is 66.9 Å². The number of rotatable bonds is 6. The van der Waals surface area contributed by atoms with Gasteiger partial charge < -0.3 is 10.2 Å². The maximum absolute atomic E-state index is 14.3. The highest BCUT2D eigenvalue weighted by Gasteiger charge is 2.42. The second-order valence-corrected chi connectivity index (χ2v) is 13.1. The topological polar surface area (TPSA) is 78.4 Å². The van der Waals surface area contributed by atoms with Gasteiger partial charge >= 0.3 is 0 Å². The highest BCUT2D eigenvalue weighted by atomic mass is 32.2. The minimum atomic E-state index is -3.69. The van der Waals surface area contributed by atoms with Gasteiger partial charge in [0.25, 0.3) is 0 Å². The van der Waals surface area contributed by atoms with Gasteiger partial charge in [0.1, 0.15) is 10.7 Å². The van der Waals surface area contributed by atoms with E-state index in [1.165, 1.54) is 30.4 Å². The number of anilines is 2. The van der Waals surface area contributed by atoms with E-state index in [9.17, 15) is 12.8 Å². The number of halogens is 1. The molecular formula is C26H30FN5O2S2. The lowest BCUT2D eigenvalue weighted by Gasteiger charge is -2.43. The number of thioether (sulfide) groups is 1. The Kier molecular flexibility index (Phi) is 6.51. The number of pyridine rings is 2. The fourth-order valence-electron chi connectivity index (χ4n) is 5.56. The molecule has 0 aliphatic carbocycles. The van der Waals surface area contributed by atoms with Crippen molar-refractivity contribution in [3.8, 4) is 0 Å². The lowest BCUT2D eigenvalue weighted by molar-refractivity contribution is 0.128. The first-order valence-corrected chi connectivity index (χ1v) is 15.2. The number of nitrogens with zero attached hydrogens (tertiary/aromatic N) is 4. The van der Waals surface area contributed by atoms with E-state index in [-0.39, 0.29) is 16.8 Å². The van der Waals surface area contributed by atoms with Crippen molar-refractivity contribution < 1.29 is 12.8 Å². The van der Waals surface area contributed by atoms with Crippen LogP contribution in [-0.4, -0.2) is 66.4 Å². The van der Waals surface area contributed by atoms with Crippen LogP contribution in [0.15, 0.2) is 53.6 Å². The molecule has 0 radical (unpaired) electrons. The molecule has 2 aromatic heterocycles. The van der Waals surface area contributed by atoms with Crippen LogP contribution in [-0.2, 0) is 10.0 Å². The Hall–Kier alpha value is -2.43. The van der Waals surface area contributed by atoms with Gasteiger partial charge in [-0.15, -0.1) is 0 Å². The quantitative estimate of drug-likeness (QED) is 0.514. The average Bonchev–Trinajstić information content (AvgIpc) is 3.31. The van der Waals surface area contributed by atoms with Gasteiger partial charge in [-0.2, -0.15) is 16.1 Å². The van der Waals surface area contributed by atoms with Crippen LogP contribution in [0.3, 0.4) is 0 Å². The number of hydrogen-bond acceptors (Lipinski definition) is 7. The molecule has 3 fully saturated rings. The molecule has 1 N–H and O–H groups in total. The zero-order valence-electron chi connectivity index (χ0n) is 20.0. The van der Waals surface area contributed by atoms with E-state index in [1.54, 1.807) is 22.6 Å². The first-order valence-electron chi connectivity index (χ1n) is 12.6. The molecule has 3 saturated heterocycles. The summed E-state index contributed by atoms with van der Waals surface area (Å²) in [7, 11) is -3.69. The van der Waals surface area contributed by atoms with Crippen molar-refractivity contribution in [2.24, 2.45) is 11.8 Å². The molecule has 1 atom stereocenters. The molecule has 36 heavy (non-hydrogen) atoms. The molecule has 1 unspecified atom stereocenters. The fourth-order valence-corrected chi connectivity index (χ4v) is 8.38. The van der Waals surface area contributed by atoms with E-state index < -0.39 is 10.0 Å². The van der Waals surface area contributed by atoms with Gasteiger partial charge in [0.05, 0.1) is 5.52 Å². The van der Waals surface area contributed by atoms with Gasteiger partial charge in [0, 0.05) is 43.8 Å². The normalized spacial score (nSPS) is 22.1. The number of aromatic nitrogens is 2. The van der Waals surface area contributed by atoms with Crippen molar-refractivity contribution in [1.82, 2.24) is 14.3 Å². The highest BCUT2D eigenvalue weighted by molar-refractivity contribution is 7.99. The smallest absolute Gasteiger partial charge is 0.246 e. The first kappa shape index (κ1) is 23.9. The van der Waals surface area contributed by atoms with E-state index in [0.29, 0.717) is 49.7 Å². The van der Waals surface area contributed by atoms with Gasteiger partial charge in [0.15, 0.2) is 11.6 Å². The summed E-state index contributed by atoms with van der Waals surface area (Å²) in [4.78, 5) is 11.0. The van der Waals surface area contributed by atoms with Gasteiger partial charge in [-0.25, -0.2) is 22.8 Å². The van der Waals surface area contributed by atoms with Crippen LogP contribution in [0, 0.1) is 17.7 Å². The van der Waals surface area contributed by atoms with E-state index >= 15 is 0 Å². The molecule has 1 aromatic carbocycles. The second kappa shape index (κ2) is 9.79. The van der Waals surface area contributed by atoms with E-state index in [1.807, 2.05) is 40.9 Å². The number of hydrogen-bond donors (Lipinski definition) is 1. The average molecular weight is 528 g/mol. The number of nitrogens with one attached hydrogen (secondary N) is 1. The molecule has 5 heterocycles. The Balaban J connectivity index is 1.25. The lowest BCUT2D eigenvalue weighted by Crippen LogP contribution is -2.53. The minimum absolute atomic E-state index is 0.0714. The Bertz CT molecular complexity index is 1360. The standard InChI is InChI=1S/C26H30FN5O2S2/c27-22-5-3-10-28-26(22)31-11-7-21(17-31)29-25-24(14-19-4-1-2-6-23(19)30-25)36(33,34)32-15-20(16-32)18-8-12-35-13-9-18/h1-6,10,14,18,20-21H,7-9,11-13,15-17H2,(H,29,30). The maximum Gasteiger partial charge on any atom is 0.246 e. The van der Waals surface area contributed by atoms with E-state index in [2.05, 4.69) is 10.3 Å². The highest BCUT2D eigenvalue weighted by Crippen LogP contribution is 2.38. The molecule has 3 aliphatic heterocycles. The molecule has 0 bridgehead atoms. The Morgan fingerprint density at radius 3 is 2.61 bits per heavy atom. The largest absolute Gasteiger partial charge is 0.364 e. The minimum Gasteiger partial charge on any atom is -0.364 e. The van der Waals surface area contributed by atoms with Crippen LogP contribution in [0.5, 0.6) is 0 Å². The zero-order valence-corrected chi connectivity index (χ0v) is 21.6. The van der Waals surface area contributed by atoms with Gasteiger partial charge in [0.2, 0.25) is 10.0 Å². The molecule has 190 valence electrons. The fraction of sp³-hybridized carbons (Fsp3) is 0.462. The van der Waals surface area contributed by atoms with Crippen molar-refractivity contribution in [1.29, 1.82) is 0 Å². The molecule has 7 nitrogen and oxygen atoms in total. The summed E-state index contributed by atoms with van der Waals surface area (Å²) in [6.07, 6.45) is 4.68. The first-order chi connectivity index (χ1) is 17.5. The molecular weight excluding hydrogens is 497 g/mol. The lowest BCUT2D eigenvalue weighted by atomic mass is 9.83. The molecule has 0 spiro atoms. The molecule has 3 aromatic rings. The molecule has 0 amide bonds. The Labute approximate surface area is 215 Å². The zero-order chi connectivity index (χ0) is 24.7. The van der Waals surface area contributed by atoms with E-state index in [4.69, 9.17) is 4.98 Å². The SMILES string of the molecule is O=S(=O)(c1cc2ccccc2nc1NC1CCN(c2ncccc2F)C1)N1CC(C2CCSCC2)C1. The summed E-state index contributed by atoms with van der Waals surface area (Å²) in [5, 5.41) is 4.19. The summed E-state index contributed by atoms with van der Waals surface area (Å²) < 4.78 is 43.4. The third-order valence-corrected chi connectivity index (χ3v) is 10.6. The Morgan fingerprint density at radius 2 is 1.81 bits per heavy atom. The molecule has 3 aliphatic rings. The van der Waals surface area contributed by atoms with Crippen molar-refractivity contribution in [2.75, 3.05) is 47.9 Å². The summed E-state index contributed by atoms with van der Waals surface area (Å²) in [6, 6.07) is 12.2. The number of sulfonamides is 1. The van der Waals surface area contributed by atoms with Crippen molar-refractivity contribution in [2.45, 2.75) is 30.2 Å². The third kappa shape index (κ3) is 4.54. The van der Waals surface area contributed by atoms with Crippen LogP contribution in [0.1, 0.15) is 19.3 Å². The number of para-hydroxylation sites is 1. The summed E-state index contributed by atoms with van der Waals surface area (Å²) in [5.41, 5.74) is 0.741. The monoisotopic (exact) mass is 527 g/mol. The third-order valence-electron chi connectivity index (χ3n) is 7.68. The second-order valence-electron chi connectivity index (χ2n) is 9.94. The van der Waals surface area contributed by atoms with Crippen molar-refractivity contribution in [3.05, 3.63) is 54.5 Å². The van der Waals surface area contributed by atoms with Crippen LogP contribution in [0.25, 0.3) is 10.9 Å². The summed E-state index contributed by atoms with van der Waals surface area (Å²) in [5.74, 6) is 3.78. The van der Waals surface area contributed by atoms with Gasteiger partial charge in [-0.3, -0.25) is 0 Å². The van der Waals surface area contributed by atoms with Crippen molar-refractivity contribution >= 4 is 44.3 Å². The maximum atomic E-state index is 14.3. The van der Waals surface area contributed by atoms with Crippen LogP contribution in [0.2, 0.25) is 0 Å².